The molecule has 28 heavy (non-hydrogen) atoms. The Kier molecular flexibility index (Phi) is 5.19. The first-order chi connectivity index (χ1) is 13.6. The highest BCUT2D eigenvalue weighted by molar-refractivity contribution is 5.89. The SMILES string of the molecule is C[C@@H]1CCN(C(=O)NCc2ccccc2)CC1N(C)c1ccnc2[nH]ccc12. The van der Waals surface area contributed by atoms with Crippen LogP contribution in [-0.4, -0.2) is 47.1 Å². The van der Waals surface area contributed by atoms with Crippen molar-refractivity contribution < 1.29 is 4.79 Å². The minimum absolute atomic E-state index is 0.00988. The molecule has 1 aromatic carbocycles. The Hall–Kier alpha value is -3.02. The van der Waals surface area contributed by atoms with Crippen LogP contribution < -0.4 is 10.2 Å². The van der Waals surface area contributed by atoms with Gasteiger partial charge in [-0.15, -0.1) is 0 Å². The van der Waals surface area contributed by atoms with Crippen molar-refractivity contribution in [3.63, 3.8) is 0 Å². The molecule has 2 aromatic heterocycles. The van der Waals surface area contributed by atoms with Gasteiger partial charge in [0.2, 0.25) is 0 Å². The summed E-state index contributed by atoms with van der Waals surface area (Å²) in [5.41, 5.74) is 3.15. The second kappa shape index (κ2) is 7.92. The molecule has 1 fully saturated rings. The number of urea groups is 1. The van der Waals surface area contributed by atoms with Gasteiger partial charge in [0.15, 0.2) is 0 Å². The Bertz CT molecular complexity index is 938. The summed E-state index contributed by atoms with van der Waals surface area (Å²) in [5.74, 6) is 0.505. The van der Waals surface area contributed by atoms with Crippen molar-refractivity contribution in [2.24, 2.45) is 5.92 Å². The average Bonchev–Trinajstić information content (AvgIpc) is 3.21. The summed E-state index contributed by atoms with van der Waals surface area (Å²) in [6.45, 7) is 4.34. The number of nitrogens with zero attached hydrogens (tertiary/aromatic N) is 3. The minimum atomic E-state index is 0.00988. The molecule has 0 bridgehead atoms. The van der Waals surface area contributed by atoms with E-state index < -0.39 is 0 Å². The largest absolute Gasteiger partial charge is 0.369 e. The molecule has 1 unspecified atom stereocenters. The first-order valence-corrected chi connectivity index (χ1v) is 9.85. The lowest BCUT2D eigenvalue weighted by Crippen LogP contribution is -2.54. The van der Waals surface area contributed by atoms with Gasteiger partial charge in [-0.3, -0.25) is 0 Å². The monoisotopic (exact) mass is 377 g/mol. The molecule has 2 N–H and O–H groups in total. The van der Waals surface area contributed by atoms with Crippen molar-refractivity contribution in [1.82, 2.24) is 20.2 Å². The number of rotatable bonds is 4. The minimum Gasteiger partial charge on any atom is -0.369 e. The zero-order valence-electron chi connectivity index (χ0n) is 16.4. The van der Waals surface area contributed by atoms with Crippen molar-refractivity contribution in [3.05, 3.63) is 60.4 Å². The lowest BCUT2D eigenvalue weighted by atomic mass is 9.92. The molecule has 0 spiro atoms. The van der Waals surface area contributed by atoms with Crippen molar-refractivity contribution in [3.8, 4) is 0 Å². The molecule has 1 aliphatic heterocycles. The summed E-state index contributed by atoms with van der Waals surface area (Å²) in [5, 5.41) is 4.18. The molecule has 1 saturated heterocycles. The number of likely N-dealkylation sites (tertiary alicyclic amines) is 1. The van der Waals surface area contributed by atoms with Crippen LogP contribution in [0.2, 0.25) is 0 Å². The molecule has 2 atom stereocenters. The van der Waals surface area contributed by atoms with E-state index in [4.69, 9.17) is 0 Å². The third kappa shape index (κ3) is 3.67. The van der Waals surface area contributed by atoms with E-state index in [9.17, 15) is 4.79 Å². The maximum atomic E-state index is 12.7. The summed E-state index contributed by atoms with van der Waals surface area (Å²) in [6, 6.07) is 14.4. The number of pyridine rings is 1. The molecule has 146 valence electrons. The van der Waals surface area contributed by atoms with E-state index in [2.05, 4.69) is 46.3 Å². The summed E-state index contributed by atoms with van der Waals surface area (Å²) < 4.78 is 0. The lowest BCUT2D eigenvalue weighted by Gasteiger charge is -2.42. The van der Waals surface area contributed by atoms with Crippen LogP contribution in [0.1, 0.15) is 18.9 Å². The third-order valence-electron chi connectivity index (χ3n) is 5.81. The Labute approximate surface area is 165 Å². The number of piperidine rings is 1. The molecule has 1 aliphatic rings. The number of carbonyl (C=O) groups excluding carboxylic acids is 1. The van der Waals surface area contributed by atoms with Gasteiger partial charge in [-0.05, 0) is 30.0 Å². The molecular formula is C22H27N5O. The van der Waals surface area contributed by atoms with E-state index >= 15 is 0 Å². The standard InChI is InChI=1S/C22H27N5O/c1-16-10-13-27(22(28)25-14-17-6-4-3-5-7-17)15-20(16)26(2)19-9-12-24-21-18(19)8-11-23-21/h3-9,11-12,16,20H,10,13-15H2,1-2H3,(H,23,24)(H,25,28)/t16-,20?/m1/s1. The molecule has 6 nitrogen and oxygen atoms in total. The molecule has 3 heterocycles. The normalized spacial score (nSPS) is 19.6. The Morgan fingerprint density at radius 3 is 2.93 bits per heavy atom. The van der Waals surface area contributed by atoms with Gasteiger partial charge in [-0.1, -0.05) is 37.3 Å². The number of amides is 2. The molecule has 6 heteroatoms. The van der Waals surface area contributed by atoms with E-state index in [0.717, 1.165) is 35.2 Å². The number of nitrogens with one attached hydrogen (secondary N) is 2. The number of likely N-dealkylation sites (N-methyl/N-ethyl adjacent to an activating group) is 1. The van der Waals surface area contributed by atoms with E-state index in [-0.39, 0.29) is 12.1 Å². The van der Waals surface area contributed by atoms with Gasteiger partial charge in [0.25, 0.3) is 0 Å². The number of benzene rings is 1. The van der Waals surface area contributed by atoms with E-state index in [1.165, 1.54) is 0 Å². The Balaban J connectivity index is 1.45. The van der Waals surface area contributed by atoms with Gasteiger partial charge in [0.1, 0.15) is 5.65 Å². The number of aromatic amines is 1. The number of carbonyl (C=O) groups is 1. The van der Waals surface area contributed by atoms with Crippen molar-refractivity contribution in [1.29, 1.82) is 0 Å². The first-order valence-electron chi connectivity index (χ1n) is 9.85. The smallest absolute Gasteiger partial charge is 0.317 e. The summed E-state index contributed by atoms with van der Waals surface area (Å²) in [6.07, 6.45) is 4.75. The first kappa shape index (κ1) is 18.3. The molecule has 2 amide bonds. The second-order valence-corrected chi connectivity index (χ2v) is 7.60. The van der Waals surface area contributed by atoms with Crippen molar-refractivity contribution in [2.75, 3.05) is 25.0 Å². The maximum Gasteiger partial charge on any atom is 0.317 e. The summed E-state index contributed by atoms with van der Waals surface area (Å²) >= 11 is 0. The van der Waals surface area contributed by atoms with Gasteiger partial charge < -0.3 is 20.1 Å². The number of hydrogen-bond acceptors (Lipinski definition) is 3. The molecule has 0 radical (unpaired) electrons. The van der Waals surface area contributed by atoms with Gasteiger partial charge in [-0.25, -0.2) is 9.78 Å². The van der Waals surface area contributed by atoms with Crippen LogP contribution in [0, 0.1) is 5.92 Å². The van der Waals surface area contributed by atoms with E-state index in [1.807, 2.05) is 47.6 Å². The molecule has 0 saturated carbocycles. The fraction of sp³-hybridized carbons (Fsp3) is 0.364. The molecule has 3 aromatic rings. The van der Waals surface area contributed by atoms with Crippen LogP contribution in [0.5, 0.6) is 0 Å². The zero-order valence-corrected chi connectivity index (χ0v) is 16.4. The quantitative estimate of drug-likeness (QED) is 0.730. The summed E-state index contributed by atoms with van der Waals surface area (Å²) in [4.78, 5) is 24.5. The predicted molar refractivity (Wildman–Crippen MR) is 112 cm³/mol. The highest BCUT2D eigenvalue weighted by Gasteiger charge is 2.32. The fourth-order valence-electron chi connectivity index (χ4n) is 4.06. The van der Waals surface area contributed by atoms with Gasteiger partial charge in [-0.2, -0.15) is 0 Å². The number of H-pyrrole nitrogens is 1. The second-order valence-electron chi connectivity index (χ2n) is 7.60. The maximum absolute atomic E-state index is 12.7. The number of hydrogen-bond donors (Lipinski definition) is 2. The fourth-order valence-corrected chi connectivity index (χ4v) is 4.06. The Morgan fingerprint density at radius 1 is 1.29 bits per heavy atom. The van der Waals surface area contributed by atoms with Gasteiger partial charge in [0, 0.05) is 56.2 Å². The average molecular weight is 377 g/mol. The number of anilines is 1. The number of fused-ring (bicyclic) bond motifs is 1. The van der Waals surface area contributed by atoms with Gasteiger partial charge >= 0.3 is 6.03 Å². The Morgan fingerprint density at radius 2 is 2.11 bits per heavy atom. The van der Waals surface area contributed by atoms with E-state index in [1.54, 1.807) is 0 Å². The highest BCUT2D eigenvalue weighted by Crippen LogP contribution is 2.30. The van der Waals surface area contributed by atoms with Gasteiger partial charge in [0.05, 0.1) is 0 Å². The van der Waals surface area contributed by atoms with Crippen LogP contribution >= 0.6 is 0 Å². The topological polar surface area (TPSA) is 64.3 Å². The van der Waals surface area contributed by atoms with Crippen LogP contribution in [0.3, 0.4) is 0 Å². The van der Waals surface area contributed by atoms with Crippen LogP contribution in [0.25, 0.3) is 11.0 Å². The highest BCUT2D eigenvalue weighted by atomic mass is 16.2. The van der Waals surface area contributed by atoms with Crippen molar-refractivity contribution in [2.45, 2.75) is 25.9 Å². The number of aromatic nitrogens is 2. The molecule has 0 aliphatic carbocycles. The van der Waals surface area contributed by atoms with E-state index in [0.29, 0.717) is 19.0 Å². The lowest BCUT2D eigenvalue weighted by molar-refractivity contribution is 0.161. The molecular weight excluding hydrogens is 350 g/mol. The third-order valence-corrected chi connectivity index (χ3v) is 5.81. The van der Waals surface area contributed by atoms with Crippen molar-refractivity contribution >= 4 is 22.8 Å². The van der Waals surface area contributed by atoms with Crippen LogP contribution in [0.4, 0.5) is 10.5 Å². The van der Waals surface area contributed by atoms with Crippen LogP contribution in [-0.2, 0) is 6.54 Å². The molecule has 4 rings (SSSR count). The predicted octanol–water partition coefficient (Wildman–Crippen LogP) is 3.62. The summed E-state index contributed by atoms with van der Waals surface area (Å²) in [7, 11) is 2.12. The zero-order chi connectivity index (χ0) is 19.5. The van der Waals surface area contributed by atoms with Crippen LogP contribution in [0.15, 0.2) is 54.9 Å².